The maximum absolute atomic E-state index is 13.0. The van der Waals surface area contributed by atoms with Crippen LogP contribution in [-0.2, 0) is 0 Å². The molecular formula is C11H6F3N3O2. The van der Waals surface area contributed by atoms with Gasteiger partial charge in [-0.15, -0.1) is 0 Å². The highest BCUT2D eigenvalue weighted by atomic mass is 19.2. The van der Waals surface area contributed by atoms with E-state index in [4.69, 9.17) is 5.11 Å². The van der Waals surface area contributed by atoms with Gasteiger partial charge in [-0.2, -0.15) is 0 Å². The van der Waals surface area contributed by atoms with E-state index in [1.165, 1.54) is 0 Å². The number of aromatic nitrogens is 2. The summed E-state index contributed by atoms with van der Waals surface area (Å²) < 4.78 is 38.7. The van der Waals surface area contributed by atoms with Crippen LogP contribution in [0.25, 0.3) is 0 Å². The number of anilines is 2. The largest absolute Gasteiger partial charge is 0.476 e. The molecule has 0 saturated carbocycles. The predicted octanol–water partition coefficient (Wildman–Crippen LogP) is 2.34. The van der Waals surface area contributed by atoms with Crippen molar-refractivity contribution in [2.75, 3.05) is 5.32 Å². The molecule has 98 valence electrons. The van der Waals surface area contributed by atoms with Crippen LogP contribution in [0.5, 0.6) is 0 Å². The van der Waals surface area contributed by atoms with Gasteiger partial charge in [0.25, 0.3) is 0 Å². The fourth-order valence-corrected chi connectivity index (χ4v) is 1.30. The molecule has 0 radical (unpaired) electrons. The number of carbonyl (C=O) groups is 1. The number of benzene rings is 1. The lowest BCUT2D eigenvalue weighted by atomic mass is 10.3. The van der Waals surface area contributed by atoms with E-state index in [1.807, 2.05) is 0 Å². The van der Waals surface area contributed by atoms with E-state index in [0.717, 1.165) is 12.4 Å². The molecule has 19 heavy (non-hydrogen) atoms. The van der Waals surface area contributed by atoms with Gasteiger partial charge in [0, 0.05) is 17.8 Å². The summed E-state index contributed by atoms with van der Waals surface area (Å²) in [5.74, 6) is -5.66. The van der Waals surface area contributed by atoms with Crippen molar-refractivity contribution in [3.05, 3.63) is 47.7 Å². The lowest BCUT2D eigenvalue weighted by Gasteiger charge is -2.06. The second kappa shape index (κ2) is 4.92. The fraction of sp³-hybridized carbons (Fsp3) is 0. The maximum Gasteiger partial charge on any atom is 0.356 e. The summed E-state index contributed by atoms with van der Waals surface area (Å²) in [6.07, 6.45) is 2.17. The molecule has 2 N–H and O–H groups in total. The van der Waals surface area contributed by atoms with E-state index in [0.29, 0.717) is 12.1 Å². The van der Waals surface area contributed by atoms with Crippen LogP contribution in [0, 0.1) is 17.5 Å². The number of nitrogens with one attached hydrogen (secondary N) is 1. The molecule has 0 unspecified atom stereocenters. The summed E-state index contributed by atoms with van der Waals surface area (Å²) in [6.45, 7) is 0. The lowest BCUT2D eigenvalue weighted by Crippen LogP contribution is -2.04. The molecule has 0 spiro atoms. The van der Waals surface area contributed by atoms with Gasteiger partial charge in [-0.05, 0) is 0 Å². The topological polar surface area (TPSA) is 75.1 Å². The quantitative estimate of drug-likeness (QED) is 0.836. The van der Waals surface area contributed by atoms with E-state index in [9.17, 15) is 18.0 Å². The SMILES string of the molecule is O=C(O)c1cncc(Nc2cc(F)c(F)c(F)c2)n1. The molecule has 5 nitrogen and oxygen atoms in total. The summed E-state index contributed by atoms with van der Waals surface area (Å²) in [5, 5.41) is 11.1. The van der Waals surface area contributed by atoms with E-state index in [1.54, 1.807) is 0 Å². The van der Waals surface area contributed by atoms with Crippen molar-refractivity contribution in [1.29, 1.82) is 0 Å². The number of halogens is 3. The van der Waals surface area contributed by atoms with Gasteiger partial charge in [0.1, 0.15) is 5.82 Å². The van der Waals surface area contributed by atoms with Crippen molar-refractivity contribution in [2.24, 2.45) is 0 Å². The first kappa shape index (κ1) is 12.8. The Bertz CT molecular complexity index is 626. The normalized spacial score (nSPS) is 10.3. The molecule has 0 aliphatic rings. The molecule has 0 amide bonds. The first-order valence-electron chi connectivity index (χ1n) is 4.94. The predicted molar refractivity (Wildman–Crippen MR) is 58.6 cm³/mol. The molecule has 0 bridgehead atoms. The minimum absolute atomic E-state index is 0.0368. The van der Waals surface area contributed by atoms with Crippen LogP contribution in [-0.4, -0.2) is 21.0 Å². The first-order chi connectivity index (χ1) is 8.97. The van der Waals surface area contributed by atoms with Gasteiger partial charge in [0.05, 0.1) is 12.4 Å². The van der Waals surface area contributed by atoms with Crippen LogP contribution in [0.15, 0.2) is 24.5 Å². The Labute approximate surface area is 104 Å². The smallest absolute Gasteiger partial charge is 0.356 e. The second-order valence-corrected chi connectivity index (χ2v) is 3.47. The summed E-state index contributed by atoms with van der Waals surface area (Å²) >= 11 is 0. The van der Waals surface area contributed by atoms with Crippen LogP contribution in [0.1, 0.15) is 10.5 Å². The third-order valence-corrected chi connectivity index (χ3v) is 2.11. The number of aromatic carboxylic acids is 1. The van der Waals surface area contributed by atoms with Crippen LogP contribution >= 0.6 is 0 Å². The number of carboxylic acids is 1. The average molecular weight is 269 g/mol. The van der Waals surface area contributed by atoms with Gasteiger partial charge < -0.3 is 10.4 Å². The summed E-state index contributed by atoms with van der Waals surface area (Å²) in [4.78, 5) is 17.9. The van der Waals surface area contributed by atoms with Crippen molar-refractivity contribution in [1.82, 2.24) is 9.97 Å². The van der Waals surface area contributed by atoms with Crippen molar-refractivity contribution < 1.29 is 23.1 Å². The van der Waals surface area contributed by atoms with E-state index in [-0.39, 0.29) is 17.2 Å². The molecule has 8 heteroatoms. The summed E-state index contributed by atoms with van der Waals surface area (Å²) in [5.41, 5.74) is -0.457. The third kappa shape index (κ3) is 2.79. The lowest BCUT2D eigenvalue weighted by molar-refractivity contribution is 0.0690. The molecule has 0 saturated heterocycles. The van der Waals surface area contributed by atoms with Crippen molar-refractivity contribution >= 4 is 17.5 Å². The highest BCUT2D eigenvalue weighted by Crippen LogP contribution is 2.20. The van der Waals surface area contributed by atoms with E-state index >= 15 is 0 Å². The molecule has 0 aliphatic heterocycles. The van der Waals surface area contributed by atoms with Crippen LogP contribution < -0.4 is 5.32 Å². The van der Waals surface area contributed by atoms with Crippen molar-refractivity contribution in [3.8, 4) is 0 Å². The molecule has 2 rings (SSSR count). The minimum Gasteiger partial charge on any atom is -0.476 e. The van der Waals surface area contributed by atoms with Crippen molar-refractivity contribution in [3.63, 3.8) is 0 Å². The molecule has 1 heterocycles. The van der Waals surface area contributed by atoms with Gasteiger partial charge in [0.15, 0.2) is 23.1 Å². The Morgan fingerprint density at radius 1 is 1.16 bits per heavy atom. The van der Waals surface area contributed by atoms with Gasteiger partial charge in [-0.1, -0.05) is 0 Å². The second-order valence-electron chi connectivity index (χ2n) is 3.47. The van der Waals surface area contributed by atoms with Crippen LogP contribution in [0.4, 0.5) is 24.7 Å². The Balaban J connectivity index is 2.31. The van der Waals surface area contributed by atoms with E-state index in [2.05, 4.69) is 15.3 Å². The number of carboxylic acid groups (broad SMARTS) is 1. The Hall–Kier alpha value is -2.64. The molecule has 2 aromatic rings. The molecule has 1 aromatic carbocycles. The first-order valence-corrected chi connectivity index (χ1v) is 4.94. The molecule has 0 aliphatic carbocycles. The van der Waals surface area contributed by atoms with Crippen molar-refractivity contribution in [2.45, 2.75) is 0 Å². The molecule has 0 atom stereocenters. The summed E-state index contributed by atoms with van der Waals surface area (Å²) in [6, 6.07) is 1.43. The highest BCUT2D eigenvalue weighted by molar-refractivity contribution is 5.85. The molecular weight excluding hydrogens is 263 g/mol. The van der Waals surface area contributed by atoms with Gasteiger partial charge in [-0.3, -0.25) is 4.98 Å². The Morgan fingerprint density at radius 2 is 1.79 bits per heavy atom. The Kier molecular flexibility index (Phi) is 3.32. The number of hydrogen-bond donors (Lipinski definition) is 2. The fourth-order valence-electron chi connectivity index (χ4n) is 1.30. The van der Waals surface area contributed by atoms with Gasteiger partial charge >= 0.3 is 5.97 Å². The van der Waals surface area contributed by atoms with Crippen LogP contribution in [0.2, 0.25) is 0 Å². The zero-order valence-corrected chi connectivity index (χ0v) is 9.19. The number of rotatable bonds is 3. The standard InChI is InChI=1S/C11H6F3N3O2/c12-6-1-5(2-7(13)10(6)14)16-9-4-15-3-8(17-9)11(18)19/h1-4H,(H,16,17)(H,18,19). The van der Waals surface area contributed by atoms with Crippen LogP contribution in [0.3, 0.4) is 0 Å². The zero-order chi connectivity index (χ0) is 14.0. The maximum atomic E-state index is 13.0. The zero-order valence-electron chi connectivity index (χ0n) is 9.19. The average Bonchev–Trinajstić information content (AvgIpc) is 2.36. The monoisotopic (exact) mass is 269 g/mol. The number of nitrogens with zero attached hydrogens (tertiary/aromatic N) is 2. The van der Waals surface area contributed by atoms with Gasteiger partial charge in [0.2, 0.25) is 0 Å². The molecule has 0 fully saturated rings. The summed E-state index contributed by atoms with van der Waals surface area (Å²) in [7, 11) is 0. The van der Waals surface area contributed by atoms with E-state index < -0.39 is 23.4 Å². The van der Waals surface area contributed by atoms with Gasteiger partial charge in [-0.25, -0.2) is 22.9 Å². The minimum atomic E-state index is -1.59. The Morgan fingerprint density at radius 3 is 2.37 bits per heavy atom. The third-order valence-electron chi connectivity index (χ3n) is 2.11. The molecule has 1 aromatic heterocycles. The highest BCUT2D eigenvalue weighted by Gasteiger charge is 2.12. The number of hydrogen-bond acceptors (Lipinski definition) is 4.